The van der Waals surface area contributed by atoms with E-state index in [-0.39, 0.29) is 18.6 Å². The first kappa shape index (κ1) is 12.7. The largest absolute Gasteiger partial charge is 0.396 e. The van der Waals surface area contributed by atoms with Gasteiger partial charge in [-0.15, -0.1) is 0 Å². The fourth-order valence-corrected chi connectivity index (χ4v) is 1.54. The summed E-state index contributed by atoms with van der Waals surface area (Å²) in [5.41, 5.74) is 1.04. The SMILES string of the molecule is CC(CCO)NCC(C#N)c1ccccc1. The van der Waals surface area contributed by atoms with Crippen LogP contribution < -0.4 is 5.32 Å². The van der Waals surface area contributed by atoms with Crippen LogP contribution >= 0.6 is 0 Å². The highest BCUT2D eigenvalue weighted by atomic mass is 16.3. The maximum absolute atomic E-state index is 9.08. The molecule has 0 saturated carbocycles. The van der Waals surface area contributed by atoms with E-state index < -0.39 is 0 Å². The standard InChI is InChI=1S/C13H18N2O/c1-11(7-8-16)15-10-13(9-14)12-5-3-2-4-6-12/h2-6,11,13,15-16H,7-8,10H2,1H3. The minimum Gasteiger partial charge on any atom is -0.396 e. The van der Waals surface area contributed by atoms with E-state index in [0.29, 0.717) is 13.0 Å². The number of nitrogens with zero attached hydrogens (tertiary/aromatic N) is 1. The van der Waals surface area contributed by atoms with E-state index in [4.69, 9.17) is 10.4 Å². The van der Waals surface area contributed by atoms with E-state index >= 15 is 0 Å². The van der Waals surface area contributed by atoms with E-state index in [0.717, 1.165) is 5.56 Å². The van der Waals surface area contributed by atoms with E-state index in [9.17, 15) is 0 Å². The topological polar surface area (TPSA) is 56.0 Å². The molecule has 0 spiro atoms. The second kappa shape index (κ2) is 7.00. The van der Waals surface area contributed by atoms with Gasteiger partial charge in [-0.2, -0.15) is 5.26 Å². The summed E-state index contributed by atoms with van der Waals surface area (Å²) in [4.78, 5) is 0. The molecule has 0 saturated heterocycles. The molecule has 0 aromatic heterocycles. The molecule has 3 nitrogen and oxygen atoms in total. The van der Waals surface area contributed by atoms with Gasteiger partial charge in [0.05, 0.1) is 12.0 Å². The summed E-state index contributed by atoms with van der Waals surface area (Å²) < 4.78 is 0. The average molecular weight is 218 g/mol. The Morgan fingerprint density at radius 3 is 2.62 bits per heavy atom. The lowest BCUT2D eigenvalue weighted by atomic mass is 10.0. The molecule has 0 aliphatic heterocycles. The average Bonchev–Trinajstić information content (AvgIpc) is 2.31. The van der Waals surface area contributed by atoms with Crippen LogP contribution in [0.3, 0.4) is 0 Å². The Morgan fingerprint density at radius 2 is 2.06 bits per heavy atom. The van der Waals surface area contributed by atoms with Gasteiger partial charge in [-0.25, -0.2) is 0 Å². The maximum Gasteiger partial charge on any atom is 0.0837 e. The highest BCUT2D eigenvalue weighted by Gasteiger charge is 2.10. The normalized spacial score (nSPS) is 14.1. The van der Waals surface area contributed by atoms with Gasteiger partial charge in [-0.05, 0) is 18.9 Å². The van der Waals surface area contributed by atoms with Crippen LogP contribution in [0.25, 0.3) is 0 Å². The number of hydrogen-bond acceptors (Lipinski definition) is 3. The summed E-state index contributed by atoms with van der Waals surface area (Å²) >= 11 is 0. The monoisotopic (exact) mass is 218 g/mol. The fourth-order valence-electron chi connectivity index (χ4n) is 1.54. The number of aliphatic hydroxyl groups is 1. The molecule has 0 bridgehead atoms. The number of nitriles is 1. The zero-order valence-electron chi connectivity index (χ0n) is 9.56. The second-order valence-electron chi connectivity index (χ2n) is 3.91. The summed E-state index contributed by atoms with van der Waals surface area (Å²) in [6, 6.07) is 12.3. The van der Waals surface area contributed by atoms with Crippen LogP contribution in [-0.2, 0) is 0 Å². The van der Waals surface area contributed by atoms with Gasteiger partial charge in [-0.1, -0.05) is 30.3 Å². The molecule has 0 aliphatic rings. The van der Waals surface area contributed by atoms with Gasteiger partial charge < -0.3 is 10.4 Å². The molecule has 0 heterocycles. The van der Waals surface area contributed by atoms with E-state index in [2.05, 4.69) is 11.4 Å². The van der Waals surface area contributed by atoms with Crippen LogP contribution in [0, 0.1) is 11.3 Å². The third-order valence-electron chi connectivity index (χ3n) is 2.59. The molecule has 2 atom stereocenters. The smallest absolute Gasteiger partial charge is 0.0837 e. The molecule has 0 radical (unpaired) electrons. The van der Waals surface area contributed by atoms with Crippen molar-refractivity contribution in [1.82, 2.24) is 5.32 Å². The molecule has 2 N–H and O–H groups in total. The highest BCUT2D eigenvalue weighted by Crippen LogP contribution is 2.13. The van der Waals surface area contributed by atoms with Crippen LogP contribution in [-0.4, -0.2) is 24.3 Å². The Kier molecular flexibility index (Phi) is 5.55. The summed E-state index contributed by atoms with van der Waals surface area (Å²) in [7, 11) is 0. The summed E-state index contributed by atoms with van der Waals surface area (Å²) in [5, 5.41) is 21.1. The lowest BCUT2D eigenvalue weighted by molar-refractivity contribution is 0.269. The fraction of sp³-hybridized carbons (Fsp3) is 0.462. The number of aliphatic hydroxyl groups excluding tert-OH is 1. The molecule has 1 aromatic carbocycles. The molecule has 0 fully saturated rings. The molecule has 1 aromatic rings. The van der Waals surface area contributed by atoms with Gasteiger partial charge in [0.25, 0.3) is 0 Å². The van der Waals surface area contributed by atoms with Crippen molar-refractivity contribution in [2.24, 2.45) is 0 Å². The van der Waals surface area contributed by atoms with Crippen LogP contribution in [0.1, 0.15) is 24.8 Å². The first-order valence-corrected chi connectivity index (χ1v) is 5.56. The van der Waals surface area contributed by atoms with Gasteiger partial charge in [0.15, 0.2) is 0 Å². The zero-order chi connectivity index (χ0) is 11.8. The highest BCUT2D eigenvalue weighted by molar-refractivity contribution is 5.25. The minimum atomic E-state index is -0.123. The maximum atomic E-state index is 9.08. The number of hydrogen-bond donors (Lipinski definition) is 2. The van der Waals surface area contributed by atoms with Crippen molar-refractivity contribution in [3.05, 3.63) is 35.9 Å². The van der Waals surface area contributed by atoms with Crippen LogP contribution in [0.2, 0.25) is 0 Å². The quantitative estimate of drug-likeness (QED) is 0.763. The molecule has 86 valence electrons. The molecule has 3 heteroatoms. The Bertz CT molecular complexity index is 332. The van der Waals surface area contributed by atoms with Crippen molar-refractivity contribution in [3.63, 3.8) is 0 Å². The molecule has 16 heavy (non-hydrogen) atoms. The van der Waals surface area contributed by atoms with Crippen LogP contribution in [0.15, 0.2) is 30.3 Å². The van der Waals surface area contributed by atoms with E-state index in [1.165, 1.54) is 0 Å². The van der Waals surface area contributed by atoms with Gasteiger partial charge in [0.2, 0.25) is 0 Å². The van der Waals surface area contributed by atoms with Gasteiger partial charge in [0, 0.05) is 19.2 Å². The first-order valence-electron chi connectivity index (χ1n) is 5.56. The van der Waals surface area contributed by atoms with Crippen LogP contribution in [0.4, 0.5) is 0 Å². The Balaban J connectivity index is 2.48. The molecule has 0 aliphatic carbocycles. The number of benzene rings is 1. The Labute approximate surface area is 96.7 Å². The van der Waals surface area contributed by atoms with Crippen molar-refractivity contribution >= 4 is 0 Å². The lowest BCUT2D eigenvalue weighted by Crippen LogP contribution is -2.30. The summed E-state index contributed by atoms with van der Waals surface area (Å²) in [5.74, 6) is -0.123. The summed E-state index contributed by atoms with van der Waals surface area (Å²) in [6.45, 7) is 2.81. The van der Waals surface area contributed by atoms with E-state index in [1.807, 2.05) is 37.3 Å². The second-order valence-corrected chi connectivity index (χ2v) is 3.91. The van der Waals surface area contributed by atoms with Crippen LogP contribution in [0.5, 0.6) is 0 Å². The Hall–Kier alpha value is -1.37. The van der Waals surface area contributed by atoms with Crippen molar-refractivity contribution in [1.29, 1.82) is 5.26 Å². The third-order valence-corrected chi connectivity index (χ3v) is 2.59. The van der Waals surface area contributed by atoms with Gasteiger partial charge in [-0.3, -0.25) is 0 Å². The van der Waals surface area contributed by atoms with E-state index in [1.54, 1.807) is 0 Å². The predicted molar refractivity (Wildman–Crippen MR) is 64.0 cm³/mol. The molecular formula is C13H18N2O. The zero-order valence-corrected chi connectivity index (χ0v) is 9.56. The third kappa shape index (κ3) is 4.01. The molecule has 0 amide bonds. The number of rotatable bonds is 6. The predicted octanol–water partition coefficient (Wildman–Crippen LogP) is 1.65. The van der Waals surface area contributed by atoms with Crippen molar-refractivity contribution in [2.75, 3.05) is 13.2 Å². The van der Waals surface area contributed by atoms with Gasteiger partial charge in [0.1, 0.15) is 0 Å². The summed E-state index contributed by atoms with van der Waals surface area (Å²) in [6.07, 6.45) is 0.715. The molecular weight excluding hydrogens is 200 g/mol. The van der Waals surface area contributed by atoms with Crippen molar-refractivity contribution in [2.45, 2.75) is 25.3 Å². The molecule has 1 rings (SSSR count). The van der Waals surface area contributed by atoms with Crippen molar-refractivity contribution < 1.29 is 5.11 Å². The minimum absolute atomic E-state index is 0.123. The van der Waals surface area contributed by atoms with Gasteiger partial charge >= 0.3 is 0 Å². The lowest BCUT2D eigenvalue weighted by Gasteiger charge is -2.15. The number of nitrogens with one attached hydrogen (secondary N) is 1. The van der Waals surface area contributed by atoms with Crippen molar-refractivity contribution in [3.8, 4) is 6.07 Å². The Morgan fingerprint density at radius 1 is 1.38 bits per heavy atom. The first-order chi connectivity index (χ1) is 7.77. The molecule has 2 unspecified atom stereocenters.